The third-order valence-corrected chi connectivity index (χ3v) is 2.87. The van der Waals surface area contributed by atoms with Crippen LogP contribution in [0.1, 0.15) is 5.56 Å². The summed E-state index contributed by atoms with van der Waals surface area (Å²) in [5, 5.41) is 6.80. The number of H-pyrrole nitrogens is 1. The molecule has 0 bridgehead atoms. The predicted molar refractivity (Wildman–Crippen MR) is 67.4 cm³/mol. The average molecular weight is 227 g/mol. The number of imidazole rings is 1. The molecule has 1 aromatic carbocycles. The minimum atomic E-state index is 0.475. The van der Waals surface area contributed by atoms with Gasteiger partial charge in [0.1, 0.15) is 11.5 Å². The Morgan fingerprint density at radius 3 is 2.82 bits per heavy atom. The van der Waals surface area contributed by atoms with E-state index in [9.17, 15) is 0 Å². The molecule has 0 atom stereocenters. The summed E-state index contributed by atoms with van der Waals surface area (Å²) in [6.07, 6.45) is 0. The van der Waals surface area contributed by atoms with Crippen molar-refractivity contribution in [3.63, 3.8) is 0 Å². The van der Waals surface area contributed by atoms with E-state index >= 15 is 0 Å². The molecule has 2 aromatic heterocycles. The normalized spacial score (nSPS) is 11.2. The van der Waals surface area contributed by atoms with Crippen molar-refractivity contribution in [2.45, 2.75) is 6.92 Å². The Balaban J connectivity index is 2.27. The van der Waals surface area contributed by atoms with Crippen LogP contribution < -0.4 is 5.73 Å². The second kappa shape index (κ2) is 3.35. The van der Waals surface area contributed by atoms with Gasteiger partial charge in [-0.3, -0.25) is 5.10 Å². The number of fused-ring (bicyclic) bond motifs is 1. The van der Waals surface area contributed by atoms with E-state index in [-0.39, 0.29) is 0 Å². The zero-order chi connectivity index (χ0) is 12.0. The van der Waals surface area contributed by atoms with Crippen molar-refractivity contribution in [1.82, 2.24) is 19.7 Å². The molecule has 0 spiro atoms. The van der Waals surface area contributed by atoms with Crippen LogP contribution in [0.25, 0.3) is 22.6 Å². The van der Waals surface area contributed by atoms with Crippen LogP contribution in [0.15, 0.2) is 24.3 Å². The summed E-state index contributed by atoms with van der Waals surface area (Å²) >= 11 is 0. The highest BCUT2D eigenvalue weighted by atomic mass is 15.2. The molecule has 3 rings (SSSR count). The molecule has 3 N–H and O–H groups in total. The van der Waals surface area contributed by atoms with Crippen molar-refractivity contribution in [1.29, 1.82) is 0 Å². The molecule has 5 heteroatoms. The van der Waals surface area contributed by atoms with E-state index in [0.29, 0.717) is 5.82 Å². The lowest BCUT2D eigenvalue weighted by molar-refractivity contribution is 0.944. The Morgan fingerprint density at radius 2 is 2.12 bits per heavy atom. The SMILES string of the molecule is Cc1ccc2c(c1)nc(-c1cc(N)n[nH]1)n2C. The van der Waals surface area contributed by atoms with Crippen molar-refractivity contribution < 1.29 is 0 Å². The van der Waals surface area contributed by atoms with Gasteiger partial charge in [0, 0.05) is 13.1 Å². The van der Waals surface area contributed by atoms with Crippen LogP contribution in [0.2, 0.25) is 0 Å². The molecule has 17 heavy (non-hydrogen) atoms. The Bertz CT molecular complexity index is 692. The van der Waals surface area contributed by atoms with Crippen molar-refractivity contribution in [2.75, 3.05) is 5.73 Å². The number of nitrogens with one attached hydrogen (secondary N) is 1. The van der Waals surface area contributed by atoms with E-state index in [1.54, 1.807) is 6.07 Å². The lowest BCUT2D eigenvalue weighted by Gasteiger charge is -1.98. The largest absolute Gasteiger partial charge is 0.382 e. The second-order valence-corrected chi connectivity index (χ2v) is 4.19. The molecule has 0 amide bonds. The summed E-state index contributed by atoms with van der Waals surface area (Å²) in [6.45, 7) is 2.06. The Labute approximate surface area is 98.3 Å². The van der Waals surface area contributed by atoms with E-state index in [4.69, 9.17) is 5.73 Å². The topological polar surface area (TPSA) is 72.5 Å². The van der Waals surface area contributed by atoms with E-state index in [1.807, 2.05) is 11.6 Å². The Morgan fingerprint density at radius 1 is 1.29 bits per heavy atom. The lowest BCUT2D eigenvalue weighted by Crippen LogP contribution is -1.92. The molecule has 3 aromatic rings. The van der Waals surface area contributed by atoms with Crippen molar-refractivity contribution in [3.05, 3.63) is 29.8 Å². The average Bonchev–Trinajstić information content (AvgIpc) is 2.83. The van der Waals surface area contributed by atoms with E-state index in [2.05, 4.69) is 40.3 Å². The first-order valence-corrected chi connectivity index (χ1v) is 5.39. The Hall–Kier alpha value is -2.30. The zero-order valence-corrected chi connectivity index (χ0v) is 9.73. The first-order chi connectivity index (χ1) is 8.15. The molecule has 0 aliphatic heterocycles. The summed E-state index contributed by atoms with van der Waals surface area (Å²) in [5.41, 5.74) is 9.72. The molecule has 0 aliphatic rings. The molecule has 86 valence electrons. The maximum Gasteiger partial charge on any atom is 0.159 e. The number of hydrogen-bond acceptors (Lipinski definition) is 3. The predicted octanol–water partition coefficient (Wildman–Crippen LogP) is 1.85. The van der Waals surface area contributed by atoms with Gasteiger partial charge in [-0.2, -0.15) is 5.10 Å². The van der Waals surface area contributed by atoms with Gasteiger partial charge in [-0.05, 0) is 24.6 Å². The number of nitrogens with zero attached hydrogens (tertiary/aromatic N) is 3. The number of aromatic amines is 1. The molecule has 0 radical (unpaired) electrons. The quantitative estimate of drug-likeness (QED) is 0.666. The highest BCUT2D eigenvalue weighted by Crippen LogP contribution is 2.23. The fourth-order valence-corrected chi connectivity index (χ4v) is 2.00. The van der Waals surface area contributed by atoms with Crippen LogP contribution >= 0.6 is 0 Å². The first-order valence-electron chi connectivity index (χ1n) is 5.39. The van der Waals surface area contributed by atoms with Crippen molar-refractivity contribution in [2.24, 2.45) is 7.05 Å². The number of nitrogen functional groups attached to an aromatic ring is 1. The Kier molecular flexibility index (Phi) is 1.95. The minimum absolute atomic E-state index is 0.475. The van der Waals surface area contributed by atoms with Gasteiger partial charge >= 0.3 is 0 Å². The summed E-state index contributed by atoms with van der Waals surface area (Å²) in [5.74, 6) is 1.32. The van der Waals surface area contributed by atoms with Gasteiger partial charge in [0.15, 0.2) is 5.82 Å². The fourth-order valence-electron chi connectivity index (χ4n) is 2.00. The number of aromatic nitrogens is 4. The van der Waals surface area contributed by atoms with Gasteiger partial charge in [-0.1, -0.05) is 6.07 Å². The smallest absolute Gasteiger partial charge is 0.159 e. The first kappa shape index (κ1) is 9.89. The molecular weight excluding hydrogens is 214 g/mol. The molecule has 0 unspecified atom stereocenters. The second-order valence-electron chi connectivity index (χ2n) is 4.19. The lowest BCUT2D eigenvalue weighted by atomic mass is 10.2. The monoisotopic (exact) mass is 227 g/mol. The summed E-state index contributed by atoms with van der Waals surface area (Å²) in [4.78, 5) is 4.59. The van der Waals surface area contributed by atoms with Crippen molar-refractivity contribution >= 4 is 16.9 Å². The number of aryl methyl sites for hydroxylation is 2. The van der Waals surface area contributed by atoms with Crippen molar-refractivity contribution in [3.8, 4) is 11.5 Å². The van der Waals surface area contributed by atoms with Crippen LogP contribution in [0.3, 0.4) is 0 Å². The minimum Gasteiger partial charge on any atom is -0.382 e. The highest BCUT2D eigenvalue weighted by molar-refractivity contribution is 5.80. The molecular formula is C12H13N5. The maximum atomic E-state index is 5.60. The molecule has 0 fully saturated rings. The van der Waals surface area contributed by atoms with Crippen LogP contribution in [-0.4, -0.2) is 19.7 Å². The van der Waals surface area contributed by atoms with Crippen LogP contribution in [-0.2, 0) is 7.05 Å². The van der Waals surface area contributed by atoms with Gasteiger partial charge in [-0.25, -0.2) is 4.98 Å². The summed E-state index contributed by atoms with van der Waals surface area (Å²) < 4.78 is 2.03. The van der Waals surface area contributed by atoms with E-state index in [1.165, 1.54) is 5.56 Å². The van der Waals surface area contributed by atoms with Crippen LogP contribution in [0, 0.1) is 6.92 Å². The third-order valence-electron chi connectivity index (χ3n) is 2.87. The van der Waals surface area contributed by atoms with Gasteiger partial charge in [-0.15, -0.1) is 0 Å². The molecule has 0 aliphatic carbocycles. The van der Waals surface area contributed by atoms with E-state index < -0.39 is 0 Å². The van der Waals surface area contributed by atoms with E-state index in [0.717, 1.165) is 22.6 Å². The number of benzene rings is 1. The summed E-state index contributed by atoms with van der Waals surface area (Å²) in [6, 6.07) is 8.00. The summed E-state index contributed by atoms with van der Waals surface area (Å²) in [7, 11) is 1.98. The standard InChI is InChI=1S/C12H13N5/c1-7-3-4-10-8(5-7)14-12(17(10)2)9-6-11(13)16-15-9/h3-6H,1-2H3,(H3,13,15,16). The maximum absolute atomic E-state index is 5.60. The molecule has 2 heterocycles. The molecule has 0 saturated heterocycles. The number of anilines is 1. The third kappa shape index (κ3) is 1.47. The van der Waals surface area contributed by atoms with Gasteiger partial charge in [0.25, 0.3) is 0 Å². The zero-order valence-electron chi connectivity index (χ0n) is 9.73. The number of rotatable bonds is 1. The van der Waals surface area contributed by atoms with Gasteiger partial charge in [0.2, 0.25) is 0 Å². The molecule has 5 nitrogen and oxygen atoms in total. The fraction of sp³-hybridized carbons (Fsp3) is 0.167. The van der Waals surface area contributed by atoms with Crippen LogP contribution in [0.5, 0.6) is 0 Å². The highest BCUT2D eigenvalue weighted by Gasteiger charge is 2.11. The number of nitrogens with two attached hydrogens (primary N) is 1. The van der Waals surface area contributed by atoms with Crippen LogP contribution in [0.4, 0.5) is 5.82 Å². The van der Waals surface area contributed by atoms with Gasteiger partial charge < -0.3 is 10.3 Å². The van der Waals surface area contributed by atoms with Gasteiger partial charge in [0.05, 0.1) is 11.0 Å². The molecule has 0 saturated carbocycles. The number of hydrogen-bond donors (Lipinski definition) is 2.